The number of benzene rings is 2. The average molecular weight is 364 g/mol. The van der Waals surface area contributed by atoms with E-state index in [9.17, 15) is 14.7 Å². The highest BCUT2D eigenvalue weighted by molar-refractivity contribution is 6.03. The largest absolute Gasteiger partial charge is 0.494 e. The lowest BCUT2D eigenvalue weighted by atomic mass is 10.1. The van der Waals surface area contributed by atoms with Crippen LogP contribution in [0.2, 0.25) is 0 Å². The average Bonchev–Trinajstić information content (AvgIpc) is 2.67. The summed E-state index contributed by atoms with van der Waals surface area (Å²) in [6, 6.07) is 13.6. The van der Waals surface area contributed by atoms with Gasteiger partial charge in [-0.25, -0.2) is 4.79 Å². The molecule has 0 radical (unpaired) electrons. The van der Waals surface area contributed by atoms with Crippen molar-refractivity contribution in [2.75, 3.05) is 5.43 Å². The summed E-state index contributed by atoms with van der Waals surface area (Å²) in [6.45, 7) is 5.44. The summed E-state index contributed by atoms with van der Waals surface area (Å²) < 4.78 is 1.03. The SMILES string of the molecule is C=CCn1c(O)c(/C(CC)=N/Nc2cccc3ccccc23)c(=O)[nH]c1=O. The third kappa shape index (κ3) is 3.52. The first-order chi connectivity index (χ1) is 13.1. The van der Waals surface area contributed by atoms with E-state index in [4.69, 9.17) is 0 Å². The highest BCUT2D eigenvalue weighted by Gasteiger charge is 2.18. The van der Waals surface area contributed by atoms with Gasteiger partial charge in [-0.2, -0.15) is 5.10 Å². The van der Waals surface area contributed by atoms with Crippen LogP contribution >= 0.6 is 0 Å². The Labute approximate surface area is 155 Å². The first kappa shape index (κ1) is 18.2. The molecule has 0 amide bonds. The van der Waals surface area contributed by atoms with Crippen molar-refractivity contribution in [2.45, 2.75) is 19.9 Å². The normalized spacial score (nSPS) is 11.5. The Balaban J connectivity index is 2.07. The van der Waals surface area contributed by atoms with Crippen molar-refractivity contribution >= 4 is 22.2 Å². The van der Waals surface area contributed by atoms with Crippen molar-refractivity contribution in [1.82, 2.24) is 9.55 Å². The standard InChI is InChI=1S/C20H20N4O3/c1-3-12-24-19(26)17(18(25)21-20(24)27)15(4-2)22-23-16-11-7-9-13-8-5-6-10-14(13)16/h3,5-11,23,26H,1,4,12H2,2H3,(H,21,25,27)/b22-15+. The Kier molecular flexibility index (Phi) is 5.21. The van der Waals surface area contributed by atoms with Gasteiger partial charge in [0, 0.05) is 11.9 Å². The van der Waals surface area contributed by atoms with Crippen LogP contribution in [0.15, 0.2) is 69.8 Å². The van der Waals surface area contributed by atoms with E-state index in [2.05, 4.69) is 22.1 Å². The number of anilines is 1. The van der Waals surface area contributed by atoms with Gasteiger partial charge in [0.2, 0.25) is 5.88 Å². The lowest BCUT2D eigenvalue weighted by Gasteiger charge is -2.12. The Morgan fingerprint density at radius 1 is 1.26 bits per heavy atom. The first-order valence-corrected chi connectivity index (χ1v) is 8.54. The first-order valence-electron chi connectivity index (χ1n) is 8.54. The molecule has 0 saturated carbocycles. The van der Waals surface area contributed by atoms with Gasteiger partial charge in [-0.05, 0) is 17.9 Å². The maximum absolute atomic E-state index is 12.3. The summed E-state index contributed by atoms with van der Waals surface area (Å²) in [5, 5.41) is 16.8. The van der Waals surface area contributed by atoms with Crippen molar-refractivity contribution in [2.24, 2.45) is 5.10 Å². The van der Waals surface area contributed by atoms with Gasteiger partial charge in [0.15, 0.2) is 0 Å². The molecular weight excluding hydrogens is 344 g/mol. The van der Waals surface area contributed by atoms with Gasteiger partial charge in [0.1, 0.15) is 5.56 Å². The molecule has 3 N–H and O–H groups in total. The second kappa shape index (κ2) is 7.74. The molecule has 27 heavy (non-hydrogen) atoms. The molecule has 2 aromatic carbocycles. The quantitative estimate of drug-likeness (QED) is 0.356. The van der Waals surface area contributed by atoms with Gasteiger partial charge in [0.25, 0.3) is 5.56 Å². The number of hydrogen-bond donors (Lipinski definition) is 3. The van der Waals surface area contributed by atoms with Crippen LogP contribution in [0, 0.1) is 0 Å². The van der Waals surface area contributed by atoms with Crippen LogP contribution in [-0.4, -0.2) is 20.4 Å². The minimum Gasteiger partial charge on any atom is -0.494 e. The summed E-state index contributed by atoms with van der Waals surface area (Å²) in [5.74, 6) is -0.427. The number of fused-ring (bicyclic) bond motifs is 1. The third-order valence-corrected chi connectivity index (χ3v) is 4.21. The predicted molar refractivity (Wildman–Crippen MR) is 108 cm³/mol. The molecule has 0 unspecified atom stereocenters. The molecule has 3 rings (SSSR count). The molecule has 0 aliphatic heterocycles. The van der Waals surface area contributed by atoms with Crippen molar-refractivity contribution in [3.63, 3.8) is 0 Å². The molecule has 0 bridgehead atoms. The van der Waals surface area contributed by atoms with Crippen LogP contribution in [-0.2, 0) is 6.54 Å². The zero-order chi connectivity index (χ0) is 19.4. The maximum Gasteiger partial charge on any atom is 0.331 e. The molecule has 7 nitrogen and oxygen atoms in total. The zero-order valence-corrected chi connectivity index (χ0v) is 14.9. The number of nitrogens with one attached hydrogen (secondary N) is 2. The van der Waals surface area contributed by atoms with Crippen molar-refractivity contribution < 1.29 is 5.11 Å². The number of aromatic hydroxyl groups is 1. The monoisotopic (exact) mass is 364 g/mol. The Bertz CT molecular complexity index is 1140. The number of hydrogen-bond acceptors (Lipinski definition) is 5. The van der Waals surface area contributed by atoms with Crippen LogP contribution in [0.3, 0.4) is 0 Å². The molecule has 0 spiro atoms. The van der Waals surface area contributed by atoms with Crippen LogP contribution in [0.4, 0.5) is 5.69 Å². The predicted octanol–water partition coefficient (Wildman–Crippen LogP) is 2.81. The molecule has 0 aliphatic carbocycles. The van der Waals surface area contributed by atoms with E-state index in [0.29, 0.717) is 12.1 Å². The fourth-order valence-electron chi connectivity index (χ4n) is 2.88. The van der Waals surface area contributed by atoms with E-state index >= 15 is 0 Å². The number of aromatic nitrogens is 2. The Morgan fingerprint density at radius 2 is 2.00 bits per heavy atom. The zero-order valence-electron chi connectivity index (χ0n) is 14.9. The van der Waals surface area contributed by atoms with Crippen molar-refractivity contribution in [3.05, 3.63) is 81.5 Å². The summed E-state index contributed by atoms with van der Waals surface area (Å²) in [5.41, 5.74) is 2.67. The van der Waals surface area contributed by atoms with Gasteiger partial charge in [-0.15, -0.1) is 6.58 Å². The molecule has 7 heteroatoms. The molecule has 3 aromatic rings. The van der Waals surface area contributed by atoms with E-state index in [0.717, 1.165) is 21.0 Å². The molecule has 0 aliphatic rings. The number of allylic oxidation sites excluding steroid dienone is 1. The summed E-state index contributed by atoms with van der Waals surface area (Å²) in [7, 11) is 0. The molecular formula is C20H20N4O3. The molecule has 138 valence electrons. The molecule has 1 aromatic heterocycles. The molecule has 0 fully saturated rings. The van der Waals surface area contributed by atoms with Crippen LogP contribution < -0.4 is 16.7 Å². The van der Waals surface area contributed by atoms with Gasteiger partial charge >= 0.3 is 5.69 Å². The van der Waals surface area contributed by atoms with Gasteiger partial charge in [0.05, 0.1) is 11.4 Å². The van der Waals surface area contributed by atoms with E-state index in [1.165, 1.54) is 6.08 Å². The topological polar surface area (TPSA) is 99.5 Å². The van der Waals surface area contributed by atoms with Gasteiger partial charge in [-0.1, -0.05) is 49.4 Å². The maximum atomic E-state index is 12.3. The lowest BCUT2D eigenvalue weighted by Crippen LogP contribution is -2.33. The molecule has 1 heterocycles. The van der Waals surface area contributed by atoms with Crippen LogP contribution in [0.1, 0.15) is 18.9 Å². The Morgan fingerprint density at radius 3 is 2.74 bits per heavy atom. The number of H-pyrrole nitrogens is 1. The van der Waals surface area contributed by atoms with Crippen molar-refractivity contribution in [1.29, 1.82) is 0 Å². The number of hydrazone groups is 1. The molecule has 0 saturated heterocycles. The highest BCUT2D eigenvalue weighted by atomic mass is 16.3. The molecule has 0 atom stereocenters. The summed E-state index contributed by atoms with van der Waals surface area (Å²) in [4.78, 5) is 26.4. The van der Waals surface area contributed by atoms with Crippen LogP contribution in [0.25, 0.3) is 10.8 Å². The Hall–Kier alpha value is -3.61. The van der Waals surface area contributed by atoms with E-state index in [1.54, 1.807) is 0 Å². The number of rotatable bonds is 6. The third-order valence-electron chi connectivity index (χ3n) is 4.21. The van der Waals surface area contributed by atoms with Gasteiger partial charge < -0.3 is 5.11 Å². The fourth-order valence-corrected chi connectivity index (χ4v) is 2.88. The summed E-state index contributed by atoms with van der Waals surface area (Å²) >= 11 is 0. The van der Waals surface area contributed by atoms with E-state index in [1.807, 2.05) is 49.4 Å². The van der Waals surface area contributed by atoms with Gasteiger partial charge in [-0.3, -0.25) is 19.8 Å². The lowest BCUT2D eigenvalue weighted by molar-refractivity contribution is 0.409. The number of aromatic amines is 1. The summed E-state index contributed by atoms with van der Waals surface area (Å²) in [6.07, 6.45) is 1.83. The highest BCUT2D eigenvalue weighted by Crippen LogP contribution is 2.23. The van der Waals surface area contributed by atoms with E-state index in [-0.39, 0.29) is 12.1 Å². The minimum atomic E-state index is -0.696. The van der Waals surface area contributed by atoms with Crippen molar-refractivity contribution in [3.8, 4) is 5.88 Å². The second-order valence-electron chi connectivity index (χ2n) is 5.91. The second-order valence-corrected chi connectivity index (χ2v) is 5.91. The number of nitrogens with zero attached hydrogens (tertiary/aromatic N) is 2. The smallest absolute Gasteiger partial charge is 0.331 e. The minimum absolute atomic E-state index is 0.0355. The van der Waals surface area contributed by atoms with E-state index < -0.39 is 17.1 Å². The van der Waals surface area contributed by atoms with Crippen LogP contribution in [0.5, 0.6) is 5.88 Å². The fraction of sp³-hybridized carbons (Fsp3) is 0.150.